The summed E-state index contributed by atoms with van der Waals surface area (Å²) in [5.41, 5.74) is 4.40. The number of fused-ring (bicyclic) bond motifs is 1. The van der Waals surface area contributed by atoms with Crippen LogP contribution in [0.2, 0.25) is 0 Å². The molecule has 0 radical (unpaired) electrons. The smallest absolute Gasteiger partial charge is 0.0371 e. The van der Waals surface area contributed by atoms with Crippen molar-refractivity contribution < 1.29 is 0 Å². The molecule has 21 heavy (non-hydrogen) atoms. The number of nitrogens with one attached hydrogen (secondary N) is 1. The monoisotopic (exact) mass is 284 g/mol. The maximum atomic E-state index is 3.63. The fourth-order valence-electron chi connectivity index (χ4n) is 4.33. The van der Waals surface area contributed by atoms with Gasteiger partial charge in [-0.05, 0) is 68.2 Å². The number of hydrogen-bond donors (Lipinski definition) is 1. The minimum Gasteiger partial charge on any atom is -0.368 e. The molecule has 2 atom stereocenters. The lowest BCUT2D eigenvalue weighted by molar-refractivity contribution is 0.342. The van der Waals surface area contributed by atoms with Crippen molar-refractivity contribution in [1.29, 1.82) is 0 Å². The van der Waals surface area contributed by atoms with E-state index < -0.39 is 0 Å². The predicted molar refractivity (Wildman–Crippen MR) is 88.7 cm³/mol. The molecule has 1 N–H and O–H groups in total. The van der Waals surface area contributed by atoms with Gasteiger partial charge < -0.3 is 10.2 Å². The normalized spacial score (nSPS) is 28.7. The van der Waals surface area contributed by atoms with Crippen LogP contribution in [0.5, 0.6) is 0 Å². The van der Waals surface area contributed by atoms with Gasteiger partial charge in [0.05, 0.1) is 0 Å². The first kappa shape index (κ1) is 13.6. The molecule has 0 spiro atoms. The molecule has 2 unspecified atom stereocenters. The van der Waals surface area contributed by atoms with E-state index in [0.717, 1.165) is 24.5 Å². The van der Waals surface area contributed by atoms with Gasteiger partial charge in [-0.15, -0.1) is 0 Å². The van der Waals surface area contributed by atoms with E-state index in [1.165, 1.54) is 68.3 Å². The van der Waals surface area contributed by atoms with Gasteiger partial charge in [-0.25, -0.2) is 0 Å². The van der Waals surface area contributed by atoms with Crippen LogP contribution in [0.25, 0.3) is 0 Å². The van der Waals surface area contributed by atoms with Crippen LogP contribution in [-0.4, -0.2) is 18.6 Å². The highest BCUT2D eigenvalue weighted by Crippen LogP contribution is 2.39. The molecule has 114 valence electrons. The zero-order chi connectivity index (χ0) is 14.2. The number of aryl methyl sites for hydroxylation is 1. The Morgan fingerprint density at radius 2 is 1.95 bits per heavy atom. The summed E-state index contributed by atoms with van der Waals surface area (Å²) in [6.07, 6.45) is 9.91. The van der Waals surface area contributed by atoms with Crippen molar-refractivity contribution in [2.75, 3.05) is 11.4 Å². The number of hydrogen-bond acceptors (Lipinski definition) is 2. The highest BCUT2D eigenvalue weighted by atomic mass is 15.2. The van der Waals surface area contributed by atoms with Crippen molar-refractivity contribution in [2.24, 2.45) is 5.92 Å². The highest BCUT2D eigenvalue weighted by Gasteiger charge is 2.35. The number of anilines is 1. The molecular formula is C19H28N2. The molecule has 2 heteroatoms. The molecule has 2 aliphatic carbocycles. The summed E-state index contributed by atoms with van der Waals surface area (Å²) in [5.74, 6) is 0.968. The van der Waals surface area contributed by atoms with E-state index in [2.05, 4.69) is 35.3 Å². The second-order valence-electron chi connectivity index (χ2n) is 7.36. The van der Waals surface area contributed by atoms with E-state index in [4.69, 9.17) is 0 Å². The fourth-order valence-corrected chi connectivity index (χ4v) is 4.33. The van der Waals surface area contributed by atoms with Gasteiger partial charge in [-0.3, -0.25) is 0 Å². The molecule has 1 aromatic rings. The van der Waals surface area contributed by atoms with Gasteiger partial charge in [0, 0.05) is 30.9 Å². The standard InChI is InChI=1S/C19H28N2/c1-14-12-18(9-6-16(14)13-20-17-7-8-17)21-11-10-15-4-2-3-5-19(15)21/h6,9,12,15,17,19-20H,2-5,7-8,10-11,13H2,1H3. The van der Waals surface area contributed by atoms with Crippen molar-refractivity contribution in [1.82, 2.24) is 5.32 Å². The molecule has 1 saturated heterocycles. The highest BCUT2D eigenvalue weighted by molar-refractivity contribution is 5.52. The first-order valence-corrected chi connectivity index (χ1v) is 8.91. The Kier molecular flexibility index (Phi) is 3.66. The summed E-state index contributed by atoms with van der Waals surface area (Å²) in [5, 5.41) is 3.63. The largest absolute Gasteiger partial charge is 0.368 e. The minimum absolute atomic E-state index is 0.797. The third-order valence-corrected chi connectivity index (χ3v) is 5.83. The van der Waals surface area contributed by atoms with Crippen LogP contribution in [0.4, 0.5) is 5.69 Å². The summed E-state index contributed by atoms with van der Waals surface area (Å²) in [6.45, 7) is 4.60. The third kappa shape index (κ3) is 2.83. The van der Waals surface area contributed by atoms with Crippen LogP contribution >= 0.6 is 0 Å². The second-order valence-corrected chi connectivity index (χ2v) is 7.36. The molecule has 2 saturated carbocycles. The zero-order valence-electron chi connectivity index (χ0n) is 13.3. The molecule has 2 nitrogen and oxygen atoms in total. The number of nitrogens with zero attached hydrogens (tertiary/aromatic N) is 1. The van der Waals surface area contributed by atoms with Crippen LogP contribution < -0.4 is 10.2 Å². The lowest BCUT2D eigenvalue weighted by atomic mass is 9.85. The quantitative estimate of drug-likeness (QED) is 0.898. The van der Waals surface area contributed by atoms with Crippen molar-refractivity contribution in [2.45, 2.75) is 70.5 Å². The summed E-state index contributed by atoms with van der Waals surface area (Å²) in [4.78, 5) is 2.70. The van der Waals surface area contributed by atoms with Crippen LogP contribution in [0.15, 0.2) is 18.2 Å². The number of benzene rings is 1. The van der Waals surface area contributed by atoms with E-state index in [-0.39, 0.29) is 0 Å². The van der Waals surface area contributed by atoms with Crippen molar-refractivity contribution >= 4 is 5.69 Å². The Morgan fingerprint density at radius 3 is 2.76 bits per heavy atom. The van der Waals surface area contributed by atoms with E-state index in [1.54, 1.807) is 0 Å². The summed E-state index contributed by atoms with van der Waals surface area (Å²) >= 11 is 0. The summed E-state index contributed by atoms with van der Waals surface area (Å²) < 4.78 is 0. The van der Waals surface area contributed by atoms with Crippen LogP contribution in [0, 0.1) is 12.8 Å². The van der Waals surface area contributed by atoms with Gasteiger partial charge in [0.25, 0.3) is 0 Å². The van der Waals surface area contributed by atoms with Crippen molar-refractivity contribution in [3.05, 3.63) is 29.3 Å². The molecule has 0 amide bonds. The molecule has 3 fully saturated rings. The summed E-state index contributed by atoms with van der Waals surface area (Å²) in [7, 11) is 0. The van der Waals surface area contributed by atoms with Gasteiger partial charge in [-0.1, -0.05) is 18.9 Å². The fraction of sp³-hybridized carbons (Fsp3) is 0.684. The van der Waals surface area contributed by atoms with E-state index >= 15 is 0 Å². The average Bonchev–Trinajstić information content (AvgIpc) is 3.23. The topological polar surface area (TPSA) is 15.3 Å². The van der Waals surface area contributed by atoms with Gasteiger partial charge in [0.1, 0.15) is 0 Å². The molecule has 3 aliphatic rings. The van der Waals surface area contributed by atoms with Gasteiger partial charge in [0.2, 0.25) is 0 Å². The second kappa shape index (κ2) is 5.64. The molecule has 1 aromatic carbocycles. The van der Waals surface area contributed by atoms with Gasteiger partial charge in [-0.2, -0.15) is 0 Å². The van der Waals surface area contributed by atoms with Crippen LogP contribution in [0.3, 0.4) is 0 Å². The first-order valence-electron chi connectivity index (χ1n) is 8.91. The minimum atomic E-state index is 0.797. The molecule has 4 rings (SSSR count). The maximum absolute atomic E-state index is 3.63. The first-order chi connectivity index (χ1) is 10.3. The van der Waals surface area contributed by atoms with E-state index in [0.29, 0.717) is 0 Å². The molecule has 0 aromatic heterocycles. The SMILES string of the molecule is Cc1cc(N2CCC3CCCCC32)ccc1CNC1CC1. The zero-order valence-corrected chi connectivity index (χ0v) is 13.3. The lowest BCUT2D eigenvalue weighted by Gasteiger charge is -2.33. The molecule has 1 heterocycles. The summed E-state index contributed by atoms with van der Waals surface area (Å²) in [6, 6.07) is 8.78. The van der Waals surface area contributed by atoms with Gasteiger partial charge >= 0.3 is 0 Å². The molecular weight excluding hydrogens is 256 g/mol. The Labute approximate surface area is 128 Å². The predicted octanol–water partition coefficient (Wildman–Crippen LogP) is 4.02. The lowest BCUT2D eigenvalue weighted by Crippen LogP contribution is -2.34. The Balaban J connectivity index is 1.48. The van der Waals surface area contributed by atoms with Crippen molar-refractivity contribution in [3.63, 3.8) is 0 Å². The van der Waals surface area contributed by atoms with Crippen LogP contribution in [0.1, 0.15) is 56.1 Å². The molecule has 1 aliphatic heterocycles. The van der Waals surface area contributed by atoms with Gasteiger partial charge in [0.15, 0.2) is 0 Å². The third-order valence-electron chi connectivity index (χ3n) is 5.83. The number of rotatable bonds is 4. The molecule has 0 bridgehead atoms. The Bertz CT molecular complexity index is 506. The van der Waals surface area contributed by atoms with Crippen molar-refractivity contribution in [3.8, 4) is 0 Å². The Hall–Kier alpha value is -1.02. The average molecular weight is 284 g/mol. The van der Waals surface area contributed by atoms with Crippen LogP contribution in [-0.2, 0) is 6.54 Å². The Morgan fingerprint density at radius 1 is 1.10 bits per heavy atom. The van der Waals surface area contributed by atoms with E-state index in [1.807, 2.05) is 0 Å². The maximum Gasteiger partial charge on any atom is 0.0371 e. The van der Waals surface area contributed by atoms with E-state index in [9.17, 15) is 0 Å².